The molecule has 1 aromatic carbocycles. The third kappa shape index (κ3) is 3.28. The molecule has 3 rings (SSSR count). The van der Waals surface area contributed by atoms with E-state index in [0.717, 1.165) is 22.5 Å². The van der Waals surface area contributed by atoms with Gasteiger partial charge in [-0.1, -0.05) is 22.4 Å². The van der Waals surface area contributed by atoms with Crippen LogP contribution >= 0.6 is 0 Å². The SMILES string of the molecule is Cc1noc(Cc2ccc(NCc3nocc3C)cc2)n1. The quantitative estimate of drug-likeness (QED) is 0.776. The van der Waals surface area contributed by atoms with E-state index in [1.807, 2.05) is 38.1 Å². The van der Waals surface area contributed by atoms with Crippen LogP contribution in [0.4, 0.5) is 5.69 Å². The molecular weight excluding hydrogens is 268 g/mol. The smallest absolute Gasteiger partial charge is 0.231 e. The van der Waals surface area contributed by atoms with Crippen LogP contribution in [0.15, 0.2) is 39.6 Å². The lowest BCUT2D eigenvalue weighted by Gasteiger charge is -2.05. The van der Waals surface area contributed by atoms with Gasteiger partial charge in [-0.05, 0) is 31.5 Å². The Kier molecular flexibility index (Phi) is 3.68. The molecule has 0 fully saturated rings. The second-order valence-corrected chi connectivity index (χ2v) is 4.91. The van der Waals surface area contributed by atoms with Crippen molar-refractivity contribution < 1.29 is 9.05 Å². The van der Waals surface area contributed by atoms with Gasteiger partial charge in [0.05, 0.1) is 13.0 Å². The molecule has 0 atom stereocenters. The van der Waals surface area contributed by atoms with Gasteiger partial charge in [-0.25, -0.2) is 0 Å². The Bertz CT molecular complexity index is 715. The van der Waals surface area contributed by atoms with Crippen LogP contribution in [-0.2, 0) is 13.0 Å². The molecule has 2 heterocycles. The monoisotopic (exact) mass is 284 g/mol. The normalized spacial score (nSPS) is 10.8. The summed E-state index contributed by atoms with van der Waals surface area (Å²) in [7, 11) is 0. The van der Waals surface area contributed by atoms with Crippen LogP contribution in [0.25, 0.3) is 0 Å². The molecule has 0 aliphatic rings. The minimum atomic E-state index is 0.631. The minimum Gasteiger partial charge on any atom is -0.379 e. The van der Waals surface area contributed by atoms with Crippen molar-refractivity contribution in [2.75, 3.05) is 5.32 Å². The molecule has 0 aliphatic carbocycles. The Morgan fingerprint density at radius 3 is 2.52 bits per heavy atom. The lowest BCUT2D eigenvalue weighted by Crippen LogP contribution is -2.01. The molecule has 0 spiro atoms. The van der Waals surface area contributed by atoms with Crippen LogP contribution in [0.1, 0.15) is 28.5 Å². The lowest BCUT2D eigenvalue weighted by molar-refractivity contribution is 0.381. The van der Waals surface area contributed by atoms with E-state index in [0.29, 0.717) is 24.7 Å². The van der Waals surface area contributed by atoms with E-state index >= 15 is 0 Å². The molecule has 0 bridgehead atoms. The van der Waals surface area contributed by atoms with Gasteiger partial charge in [0.1, 0.15) is 12.0 Å². The standard InChI is InChI=1S/C15H16N4O2/c1-10-9-20-19-14(10)8-16-13-5-3-12(4-6-13)7-15-17-11(2)18-21-15/h3-6,9,16H,7-8H2,1-2H3. The molecule has 2 aromatic heterocycles. The molecule has 0 aliphatic heterocycles. The minimum absolute atomic E-state index is 0.631. The van der Waals surface area contributed by atoms with Crippen molar-refractivity contribution in [1.82, 2.24) is 15.3 Å². The third-order valence-electron chi connectivity index (χ3n) is 3.19. The summed E-state index contributed by atoms with van der Waals surface area (Å²) in [6.45, 7) is 4.43. The highest BCUT2D eigenvalue weighted by molar-refractivity contribution is 5.45. The second-order valence-electron chi connectivity index (χ2n) is 4.91. The van der Waals surface area contributed by atoms with E-state index in [1.165, 1.54) is 0 Å². The molecule has 0 saturated carbocycles. The molecule has 0 amide bonds. The number of anilines is 1. The van der Waals surface area contributed by atoms with Gasteiger partial charge in [-0.2, -0.15) is 4.98 Å². The lowest BCUT2D eigenvalue weighted by atomic mass is 10.1. The summed E-state index contributed by atoms with van der Waals surface area (Å²) in [5.74, 6) is 1.29. The van der Waals surface area contributed by atoms with Gasteiger partial charge < -0.3 is 14.4 Å². The van der Waals surface area contributed by atoms with E-state index in [4.69, 9.17) is 9.05 Å². The Labute approximate surface area is 122 Å². The molecule has 6 heteroatoms. The van der Waals surface area contributed by atoms with Gasteiger partial charge in [0, 0.05) is 11.3 Å². The fourth-order valence-corrected chi connectivity index (χ4v) is 1.99. The van der Waals surface area contributed by atoms with Crippen LogP contribution in [0.2, 0.25) is 0 Å². The molecule has 108 valence electrons. The van der Waals surface area contributed by atoms with Crippen molar-refractivity contribution in [2.24, 2.45) is 0 Å². The van der Waals surface area contributed by atoms with Gasteiger partial charge in [0.15, 0.2) is 5.82 Å². The van der Waals surface area contributed by atoms with E-state index in [-0.39, 0.29) is 0 Å². The highest BCUT2D eigenvalue weighted by Crippen LogP contribution is 2.14. The van der Waals surface area contributed by atoms with E-state index < -0.39 is 0 Å². The topological polar surface area (TPSA) is 77.0 Å². The maximum atomic E-state index is 5.11. The number of benzene rings is 1. The van der Waals surface area contributed by atoms with Crippen molar-refractivity contribution in [2.45, 2.75) is 26.8 Å². The van der Waals surface area contributed by atoms with E-state index in [1.54, 1.807) is 6.26 Å². The largest absolute Gasteiger partial charge is 0.379 e. The highest BCUT2D eigenvalue weighted by Gasteiger charge is 2.05. The molecule has 0 radical (unpaired) electrons. The summed E-state index contributed by atoms with van der Waals surface area (Å²) in [5, 5.41) is 11.0. The molecule has 0 unspecified atom stereocenters. The zero-order chi connectivity index (χ0) is 14.7. The summed E-state index contributed by atoms with van der Waals surface area (Å²) in [4.78, 5) is 4.20. The number of nitrogens with zero attached hydrogens (tertiary/aromatic N) is 3. The zero-order valence-electron chi connectivity index (χ0n) is 12.0. The number of hydrogen-bond acceptors (Lipinski definition) is 6. The molecular formula is C15H16N4O2. The van der Waals surface area contributed by atoms with Crippen molar-refractivity contribution in [3.8, 4) is 0 Å². The van der Waals surface area contributed by atoms with Crippen LogP contribution in [-0.4, -0.2) is 15.3 Å². The average Bonchev–Trinajstić information content (AvgIpc) is 3.07. The first-order valence-electron chi connectivity index (χ1n) is 6.72. The Morgan fingerprint density at radius 1 is 1.10 bits per heavy atom. The molecule has 6 nitrogen and oxygen atoms in total. The van der Waals surface area contributed by atoms with Crippen molar-refractivity contribution in [3.05, 3.63) is 59.1 Å². The second kappa shape index (κ2) is 5.78. The van der Waals surface area contributed by atoms with Gasteiger partial charge in [-0.15, -0.1) is 0 Å². The summed E-state index contributed by atoms with van der Waals surface area (Å²) in [6, 6.07) is 8.12. The van der Waals surface area contributed by atoms with Gasteiger partial charge >= 0.3 is 0 Å². The molecule has 21 heavy (non-hydrogen) atoms. The zero-order valence-corrected chi connectivity index (χ0v) is 12.0. The number of hydrogen-bond donors (Lipinski definition) is 1. The highest BCUT2D eigenvalue weighted by atomic mass is 16.5. The maximum Gasteiger partial charge on any atom is 0.231 e. The maximum absolute atomic E-state index is 5.11. The molecule has 0 saturated heterocycles. The number of nitrogens with one attached hydrogen (secondary N) is 1. The molecule has 1 N–H and O–H groups in total. The first-order valence-corrected chi connectivity index (χ1v) is 6.72. The van der Waals surface area contributed by atoms with E-state index in [9.17, 15) is 0 Å². The van der Waals surface area contributed by atoms with Crippen molar-refractivity contribution in [3.63, 3.8) is 0 Å². The first kappa shape index (κ1) is 13.4. The van der Waals surface area contributed by atoms with Crippen molar-refractivity contribution in [1.29, 1.82) is 0 Å². The summed E-state index contributed by atoms with van der Waals surface area (Å²) < 4.78 is 10.0. The Morgan fingerprint density at radius 2 is 1.90 bits per heavy atom. The fourth-order valence-electron chi connectivity index (χ4n) is 1.99. The average molecular weight is 284 g/mol. The van der Waals surface area contributed by atoms with Gasteiger partial charge in [0.25, 0.3) is 0 Å². The number of aromatic nitrogens is 3. The van der Waals surface area contributed by atoms with Crippen LogP contribution in [0.5, 0.6) is 0 Å². The van der Waals surface area contributed by atoms with Crippen molar-refractivity contribution >= 4 is 5.69 Å². The van der Waals surface area contributed by atoms with Crippen LogP contribution in [0, 0.1) is 13.8 Å². The van der Waals surface area contributed by atoms with Gasteiger partial charge in [-0.3, -0.25) is 0 Å². The molecule has 3 aromatic rings. The van der Waals surface area contributed by atoms with Crippen LogP contribution in [0.3, 0.4) is 0 Å². The third-order valence-corrected chi connectivity index (χ3v) is 3.19. The predicted octanol–water partition coefficient (Wildman–Crippen LogP) is 2.88. The summed E-state index contributed by atoms with van der Waals surface area (Å²) in [6.07, 6.45) is 2.29. The van der Waals surface area contributed by atoms with Gasteiger partial charge in [0.2, 0.25) is 5.89 Å². The number of rotatable bonds is 5. The Hall–Kier alpha value is -2.63. The summed E-state index contributed by atoms with van der Waals surface area (Å²) in [5.41, 5.74) is 4.12. The number of aryl methyl sites for hydroxylation is 2. The first-order chi connectivity index (χ1) is 10.2. The van der Waals surface area contributed by atoms with Crippen LogP contribution < -0.4 is 5.32 Å². The predicted molar refractivity (Wildman–Crippen MR) is 76.8 cm³/mol. The Balaban J connectivity index is 1.60. The summed E-state index contributed by atoms with van der Waals surface area (Å²) >= 11 is 0. The fraction of sp³-hybridized carbons (Fsp3) is 0.267. The van der Waals surface area contributed by atoms with E-state index in [2.05, 4.69) is 20.6 Å².